The number of aromatic nitrogens is 2. The van der Waals surface area contributed by atoms with Gasteiger partial charge in [-0.05, 0) is 18.6 Å². The lowest BCUT2D eigenvalue weighted by atomic mass is 10.2. The molecule has 0 unspecified atom stereocenters. The molecule has 0 aliphatic carbocycles. The van der Waals surface area contributed by atoms with Crippen molar-refractivity contribution < 1.29 is 14.6 Å². The first kappa shape index (κ1) is 16.7. The van der Waals surface area contributed by atoms with Crippen molar-refractivity contribution in [1.82, 2.24) is 19.2 Å². The predicted molar refractivity (Wildman–Crippen MR) is 90.6 cm³/mol. The van der Waals surface area contributed by atoms with Gasteiger partial charge in [0.15, 0.2) is 11.4 Å². The van der Waals surface area contributed by atoms with Crippen LogP contribution < -0.4 is 4.74 Å². The number of hydrogen-bond acceptors (Lipinski definition) is 5. The minimum atomic E-state index is 0.0104. The Morgan fingerprint density at radius 1 is 1.33 bits per heavy atom. The summed E-state index contributed by atoms with van der Waals surface area (Å²) in [6.45, 7) is 5.72. The van der Waals surface area contributed by atoms with Gasteiger partial charge in [0.1, 0.15) is 5.69 Å². The Kier molecular flexibility index (Phi) is 5.01. The number of aliphatic hydroxyl groups is 1. The predicted octanol–water partition coefficient (Wildman–Crippen LogP) is 0.655. The molecule has 1 amide bonds. The molecule has 2 aromatic rings. The molecule has 130 valence electrons. The van der Waals surface area contributed by atoms with Crippen LogP contribution in [0.1, 0.15) is 23.1 Å². The Bertz CT molecular complexity index is 720. The van der Waals surface area contributed by atoms with Crippen molar-refractivity contribution in [3.63, 3.8) is 0 Å². The van der Waals surface area contributed by atoms with Crippen molar-refractivity contribution in [3.8, 4) is 5.75 Å². The van der Waals surface area contributed by atoms with E-state index in [-0.39, 0.29) is 12.5 Å². The van der Waals surface area contributed by atoms with E-state index in [0.29, 0.717) is 43.1 Å². The fourth-order valence-corrected chi connectivity index (χ4v) is 3.19. The zero-order chi connectivity index (χ0) is 17.1. The summed E-state index contributed by atoms with van der Waals surface area (Å²) in [7, 11) is 1.61. The first-order valence-electron chi connectivity index (χ1n) is 8.36. The van der Waals surface area contributed by atoms with Gasteiger partial charge in [0.25, 0.3) is 5.91 Å². The summed E-state index contributed by atoms with van der Waals surface area (Å²) in [4.78, 5) is 21.7. The number of aliphatic hydroxyl groups excluding tert-OH is 1. The van der Waals surface area contributed by atoms with Crippen molar-refractivity contribution in [2.45, 2.75) is 13.3 Å². The number of piperazine rings is 1. The van der Waals surface area contributed by atoms with Crippen LogP contribution in [0.3, 0.4) is 0 Å². The van der Waals surface area contributed by atoms with E-state index in [9.17, 15) is 4.79 Å². The minimum Gasteiger partial charge on any atom is -0.493 e. The highest BCUT2D eigenvalue weighted by atomic mass is 16.5. The second kappa shape index (κ2) is 7.19. The summed E-state index contributed by atoms with van der Waals surface area (Å²) in [5.41, 5.74) is 2.10. The summed E-state index contributed by atoms with van der Waals surface area (Å²) in [5, 5.41) is 9.03. The molecule has 24 heavy (non-hydrogen) atoms. The number of methoxy groups -OCH3 is 1. The number of carbonyl (C=O) groups excluding carboxylic acids is 1. The lowest BCUT2D eigenvalue weighted by Crippen LogP contribution is -2.49. The number of aryl methyl sites for hydroxylation is 1. The molecule has 0 saturated carbocycles. The van der Waals surface area contributed by atoms with Crippen molar-refractivity contribution in [3.05, 3.63) is 29.7 Å². The first-order chi connectivity index (χ1) is 11.7. The van der Waals surface area contributed by atoms with Gasteiger partial charge in [-0.15, -0.1) is 0 Å². The molecule has 0 spiro atoms. The van der Waals surface area contributed by atoms with Crippen LogP contribution >= 0.6 is 0 Å². The lowest BCUT2D eigenvalue weighted by molar-refractivity contribution is 0.0607. The fourth-order valence-electron chi connectivity index (χ4n) is 3.19. The van der Waals surface area contributed by atoms with Crippen LogP contribution in [-0.4, -0.2) is 76.6 Å². The van der Waals surface area contributed by atoms with Crippen molar-refractivity contribution in [1.29, 1.82) is 0 Å². The molecule has 1 aliphatic heterocycles. The molecule has 1 fully saturated rings. The van der Waals surface area contributed by atoms with Gasteiger partial charge in [-0.25, -0.2) is 4.98 Å². The topological polar surface area (TPSA) is 70.3 Å². The van der Waals surface area contributed by atoms with E-state index in [1.54, 1.807) is 7.11 Å². The van der Waals surface area contributed by atoms with Crippen LogP contribution in [0.4, 0.5) is 0 Å². The standard InChI is InChI=1S/C17H24N4O3/c1-3-13-15(21-6-4-5-14(24-2)16(21)18-13)17(23)20-9-7-19(8-10-20)11-12-22/h4-6,22H,3,7-12H2,1-2H3. The van der Waals surface area contributed by atoms with Gasteiger partial charge >= 0.3 is 0 Å². The lowest BCUT2D eigenvalue weighted by Gasteiger charge is -2.34. The van der Waals surface area contributed by atoms with Crippen LogP contribution in [-0.2, 0) is 6.42 Å². The molecule has 1 N–H and O–H groups in total. The number of imidazole rings is 1. The van der Waals surface area contributed by atoms with Gasteiger partial charge in [0, 0.05) is 38.9 Å². The maximum absolute atomic E-state index is 13.1. The quantitative estimate of drug-likeness (QED) is 0.871. The molecule has 1 aliphatic rings. The van der Waals surface area contributed by atoms with Crippen LogP contribution in [0.25, 0.3) is 5.65 Å². The third kappa shape index (κ3) is 2.97. The van der Waals surface area contributed by atoms with Crippen molar-refractivity contribution in [2.75, 3.05) is 46.4 Å². The van der Waals surface area contributed by atoms with E-state index in [1.165, 1.54) is 0 Å². The molecule has 0 atom stereocenters. The average molecular weight is 332 g/mol. The summed E-state index contributed by atoms with van der Waals surface area (Å²) in [6.07, 6.45) is 2.55. The normalized spacial score (nSPS) is 15.9. The zero-order valence-corrected chi connectivity index (χ0v) is 14.2. The molecule has 3 heterocycles. The van der Waals surface area contributed by atoms with Crippen molar-refractivity contribution >= 4 is 11.6 Å². The number of pyridine rings is 1. The smallest absolute Gasteiger partial charge is 0.272 e. The second-order valence-electron chi connectivity index (χ2n) is 5.89. The summed E-state index contributed by atoms with van der Waals surface area (Å²) < 4.78 is 7.20. The van der Waals surface area contributed by atoms with E-state index >= 15 is 0 Å². The Morgan fingerprint density at radius 3 is 2.71 bits per heavy atom. The second-order valence-corrected chi connectivity index (χ2v) is 5.89. The van der Waals surface area contributed by atoms with E-state index in [2.05, 4.69) is 9.88 Å². The Balaban J connectivity index is 1.90. The van der Waals surface area contributed by atoms with Gasteiger partial charge in [-0.1, -0.05) is 6.92 Å². The number of ether oxygens (including phenoxy) is 1. The number of nitrogens with zero attached hydrogens (tertiary/aromatic N) is 4. The van der Waals surface area contributed by atoms with Gasteiger partial charge in [0.05, 0.1) is 19.4 Å². The highest BCUT2D eigenvalue weighted by Crippen LogP contribution is 2.23. The summed E-state index contributed by atoms with van der Waals surface area (Å²) >= 11 is 0. The van der Waals surface area contributed by atoms with Crippen LogP contribution in [0, 0.1) is 0 Å². The zero-order valence-electron chi connectivity index (χ0n) is 14.2. The number of rotatable bonds is 5. The van der Waals surface area contributed by atoms with E-state index in [1.807, 2.05) is 34.6 Å². The van der Waals surface area contributed by atoms with Gasteiger partial charge in [0.2, 0.25) is 0 Å². The monoisotopic (exact) mass is 332 g/mol. The van der Waals surface area contributed by atoms with Gasteiger partial charge < -0.3 is 14.7 Å². The first-order valence-corrected chi connectivity index (χ1v) is 8.36. The molecule has 3 rings (SSSR count). The van der Waals surface area contributed by atoms with E-state index < -0.39 is 0 Å². The Labute approximate surface area is 141 Å². The fraction of sp³-hybridized carbons (Fsp3) is 0.529. The molecule has 0 bridgehead atoms. The largest absolute Gasteiger partial charge is 0.493 e. The third-order valence-electron chi connectivity index (χ3n) is 4.52. The molecular weight excluding hydrogens is 308 g/mol. The molecule has 0 aromatic carbocycles. The Hall–Kier alpha value is -2.12. The molecule has 7 heteroatoms. The molecular formula is C17H24N4O3. The number of fused-ring (bicyclic) bond motifs is 1. The number of carbonyl (C=O) groups is 1. The highest BCUT2D eigenvalue weighted by Gasteiger charge is 2.27. The highest BCUT2D eigenvalue weighted by molar-refractivity contribution is 5.95. The number of β-amino-alcohol motifs (C(OH)–C–C–N with tert-alkyl or cyclic N) is 1. The maximum atomic E-state index is 13.1. The van der Waals surface area contributed by atoms with E-state index in [4.69, 9.17) is 9.84 Å². The summed E-state index contributed by atoms with van der Waals surface area (Å²) in [5.74, 6) is 0.676. The number of hydrogen-bond donors (Lipinski definition) is 1. The van der Waals surface area contributed by atoms with Crippen LogP contribution in [0.2, 0.25) is 0 Å². The van der Waals surface area contributed by atoms with Crippen LogP contribution in [0.5, 0.6) is 5.75 Å². The average Bonchev–Trinajstić information content (AvgIpc) is 3.00. The SMILES string of the molecule is CCc1nc2c(OC)cccn2c1C(=O)N1CCN(CCO)CC1. The molecule has 2 aromatic heterocycles. The minimum absolute atomic E-state index is 0.0104. The molecule has 7 nitrogen and oxygen atoms in total. The van der Waals surface area contributed by atoms with Crippen molar-refractivity contribution in [2.24, 2.45) is 0 Å². The number of amides is 1. The third-order valence-corrected chi connectivity index (χ3v) is 4.52. The summed E-state index contributed by atoms with van der Waals surface area (Å²) in [6, 6.07) is 3.71. The van der Waals surface area contributed by atoms with Gasteiger partial charge in [-0.3, -0.25) is 14.1 Å². The van der Waals surface area contributed by atoms with Crippen LogP contribution in [0.15, 0.2) is 18.3 Å². The van der Waals surface area contributed by atoms with E-state index in [0.717, 1.165) is 18.8 Å². The Morgan fingerprint density at radius 2 is 2.08 bits per heavy atom. The maximum Gasteiger partial charge on any atom is 0.272 e. The van der Waals surface area contributed by atoms with Gasteiger partial charge in [-0.2, -0.15) is 0 Å². The molecule has 1 saturated heterocycles. The molecule has 0 radical (unpaired) electrons.